The van der Waals surface area contributed by atoms with E-state index < -0.39 is 9.84 Å². The number of carbonyl (C=O) groups excluding carboxylic acids is 1. The van der Waals surface area contributed by atoms with Crippen molar-refractivity contribution in [2.24, 2.45) is 0 Å². The molecule has 1 N–H and O–H groups in total. The number of rotatable bonds is 5. The largest absolute Gasteiger partial charge is 0.350 e. The minimum absolute atomic E-state index is 0.000200. The summed E-state index contributed by atoms with van der Waals surface area (Å²) in [6.07, 6.45) is 0.400. The number of nitrogens with zero attached hydrogens (tertiary/aromatic N) is 1. The molecule has 0 aromatic heterocycles. The predicted octanol–water partition coefficient (Wildman–Crippen LogP) is 0.984. The molecule has 1 aliphatic heterocycles. The molecule has 0 aliphatic carbocycles. The van der Waals surface area contributed by atoms with E-state index in [9.17, 15) is 13.2 Å². The van der Waals surface area contributed by atoms with Gasteiger partial charge in [0.2, 0.25) is 5.91 Å². The number of amides is 1. The molecule has 6 heteroatoms. The van der Waals surface area contributed by atoms with E-state index in [0.29, 0.717) is 26.1 Å². The van der Waals surface area contributed by atoms with Crippen LogP contribution in [-0.4, -0.2) is 50.4 Å². The minimum Gasteiger partial charge on any atom is -0.350 e. The lowest BCUT2D eigenvalue weighted by Crippen LogP contribution is -2.42. The first kappa shape index (κ1) is 16.0. The number of benzene rings is 1. The summed E-state index contributed by atoms with van der Waals surface area (Å²) in [6, 6.07) is 9.81. The van der Waals surface area contributed by atoms with Gasteiger partial charge in [-0.3, -0.25) is 4.79 Å². The van der Waals surface area contributed by atoms with Crippen molar-refractivity contribution in [1.29, 1.82) is 0 Å². The Morgan fingerprint density at radius 3 is 2.48 bits per heavy atom. The fraction of sp³-hybridized carbons (Fsp3) is 0.533. The van der Waals surface area contributed by atoms with Crippen LogP contribution in [0.5, 0.6) is 0 Å². The molecule has 0 spiro atoms. The van der Waals surface area contributed by atoms with E-state index in [0.717, 1.165) is 5.56 Å². The van der Waals surface area contributed by atoms with Crippen molar-refractivity contribution >= 4 is 15.7 Å². The van der Waals surface area contributed by atoms with Crippen molar-refractivity contribution in [1.82, 2.24) is 10.2 Å². The van der Waals surface area contributed by atoms with Gasteiger partial charge in [-0.1, -0.05) is 30.3 Å². The fourth-order valence-electron chi connectivity index (χ4n) is 2.37. The van der Waals surface area contributed by atoms with E-state index in [4.69, 9.17) is 0 Å². The van der Waals surface area contributed by atoms with Gasteiger partial charge in [0, 0.05) is 26.1 Å². The number of hydrogen-bond acceptors (Lipinski definition) is 4. The van der Waals surface area contributed by atoms with Crippen molar-refractivity contribution in [3.05, 3.63) is 35.9 Å². The topological polar surface area (TPSA) is 66.5 Å². The average Bonchev–Trinajstić information content (AvgIpc) is 2.47. The summed E-state index contributed by atoms with van der Waals surface area (Å²) in [5, 5.41) is 2.97. The van der Waals surface area contributed by atoms with E-state index >= 15 is 0 Å². The standard InChI is InChI=1S/C15H22N2O3S/c1-13(14-5-3-2-4-6-14)16-15(18)7-8-17-9-11-21(19,20)12-10-17/h2-6,13H,7-12H2,1H3,(H,16,18)/t13-/m1/s1. The third kappa shape index (κ3) is 5.13. The monoisotopic (exact) mass is 310 g/mol. The van der Waals surface area contributed by atoms with Crippen LogP contribution in [0.1, 0.15) is 24.9 Å². The lowest BCUT2D eigenvalue weighted by atomic mass is 10.1. The summed E-state index contributed by atoms with van der Waals surface area (Å²) in [5.41, 5.74) is 1.08. The molecular formula is C15H22N2O3S. The maximum atomic E-state index is 11.9. The highest BCUT2D eigenvalue weighted by Crippen LogP contribution is 2.11. The molecule has 2 rings (SSSR count). The van der Waals surface area contributed by atoms with Gasteiger partial charge >= 0.3 is 0 Å². The van der Waals surface area contributed by atoms with Crippen LogP contribution in [-0.2, 0) is 14.6 Å². The summed E-state index contributed by atoms with van der Waals surface area (Å²) in [5.74, 6) is 0.407. The van der Waals surface area contributed by atoms with Crippen molar-refractivity contribution in [3.8, 4) is 0 Å². The second-order valence-electron chi connectivity index (χ2n) is 5.44. The summed E-state index contributed by atoms with van der Waals surface area (Å²) >= 11 is 0. The van der Waals surface area contributed by atoms with Gasteiger partial charge in [-0.2, -0.15) is 0 Å². The van der Waals surface area contributed by atoms with Gasteiger partial charge in [0.05, 0.1) is 17.5 Å². The molecule has 1 atom stereocenters. The maximum Gasteiger partial charge on any atom is 0.221 e. The van der Waals surface area contributed by atoms with E-state index in [1.165, 1.54) is 0 Å². The van der Waals surface area contributed by atoms with Gasteiger partial charge < -0.3 is 10.2 Å². The summed E-state index contributed by atoms with van der Waals surface area (Å²) in [6.45, 7) is 3.64. The van der Waals surface area contributed by atoms with Crippen LogP contribution < -0.4 is 5.32 Å². The number of hydrogen-bond donors (Lipinski definition) is 1. The van der Waals surface area contributed by atoms with Gasteiger partial charge in [0.15, 0.2) is 9.84 Å². The third-order valence-corrected chi connectivity index (χ3v) is 5.38. The predicted molar refractivity (Wildman–Crippen MR) is 82.7 cm³/mol. The summed E-state index contributed by atoms with van der Waals surface area (Å²) in [7, 11) is -2.85. The lowest BCUT2D eigenvalue weighted by molar-refractivity contribution is -0.122. The molecule has 0 radical (unpaired) electrons. The molecule has 0 bridgehead atoms. The van der Waals surface area contributed by atoms with Crippen LogP contribution in [0.4, 0.5) is 0 Å². The molecule has 5 nitrogen and oxygen atoms in total. The Labute approximate surface area is 126 Å². The van der Waals surface area contributed by atoms with Crippen LogP contribution in [0, 0.1) is 0 Å². The molecule has 1 aliphatic rings. The van der Waals surface area contributed by atoms with Crippen LogP contribution in [0.15, 0.2) is 30.3 Å². The quantitative estimate of drug-likeness (QED) is 0.880. The molecule has 1 amide bonds. The Morgan fingerprint density at radius 2 is 1.86 bits per heavy atom. The summed E-state index contributed by atoms with van der Waals surface area (Å²) < 4.78 is 22.7. The molecule has 21 heavy (non-hydrogen) atoms. The van der Waals surface area contributed by atoms with E-state index in [1.807, 2.05) is 42.2 Å². The van der Waals surface area contributed by atoms with Gasteiger partial charge in [0.25, 0.3) is 0 Å². The lowest BCUT2D eigenvalue weighted by Gasteiger charge is -2.26. The number of carbonyl (C=O) groups is 1. The molecule has 0 unspecified atom stereocenters. The van der Waals surface area contributed by atoms with Crippen LogP contribution in [0.2, 0.25) is 0 Å². The van der Waals surface area contributed by atoms with E-state index in [1.54, 1.807) is 0 Å². The van der Waals surface area contributed by atoms with Gasteiger partial charge in [-0.25, -0.2) is 8.42 Å². The Balaban J connectivity index is 1.73. The Hall–Kier alpha value is -1.40. The number of nitrogens with one attached hydrogen (secondary N) is 1. The van der Waals surface area contributed by atoms with Crippen molar-refractivity contribution in [3.63, 3.8) is 0 Å². The fourth-order valence-corrected chi connectivity index (χ4v) is 3.65. The second-order valence-corrected chi connectivity index (χ2v) is 7.75. The zero-order valence-electron chi connectivity index (χ0n) is 12.3. The van der Waals surface area contributed by atoms with Crippen LogP contribution in [0.25, 0.3) is 0 Å². The molecule has 1 saturated heterocycles. The van der Waals surface area contributed by atoms with Gasteiger partial charge in [-0.15, -0.1) is 0 Å². The Kier molecular flexibility index (Phi) is 5.36. The van der Waals surface area contributed by atoms with Crippen molar-refractivity contribution in [2.75, 3.05) is 31.1 Å². The average molecular weight is 310 g/mol. The van der Waals surface area contributed by atoms with Crippen molar-refractivity contribution < 1.29 is 13.2 Å². The smallest absolute Gasteiger partial charge is 0.221 e. The van der Waals surface area contributed by atoms with Crippen LogP contribution in [0.3, 0.4) is 0 Å². The molecule has 1 fully saturated rings. The summed E-state index contributed by atoms with van der Waals surface area (Å²) in [4.78, 5) is 14.0. The molecule has 116 valence electrons. The Morgan fingerprint density at radius 1 is 1.24 bits per heavy atom. The highest BCUT2D eigenvalue weighted by atomic mass is 32.2. The van der Waals surface area contributed by atoms with E-state index in [-0.39, 0.29) is 23.5 Å². The third-order valence-electron chi connectivity index (χ3n) is 3.77. The van der Waals surface area contributed by atoms with Gasteiger partial charge in [-0.05, 0) is 12.5 Å². The molecule has 0 saturated carbocycles. The molecule has 1 aromatic carbocycles. The number of sulfone groups is 1. The first-order chi connectivity index (χ1) is 9.96. The molecule has 1 heterocycles. The SMILES string of the molecule is C[C@@H](NC(=O)CCN1CCS(=O)(=O)CC1)c1ccccc1. The Bertz CT molecular complexity index is 558. The van der Waals surface area contributed by atoms with Crippen molar-refractivity contribution in [2.45, 2.75) is 19.4 Å². The zero-order chi connectivity index (χ0) is 15.3. The van der Waals surface area contributed by atoms with Gasteiger partial charge in [0.1, 0.15) is 0 Å². The second kappa shape index (κ2) is 7.04. The van der Waals surface area contributed by atoms with Crippen LogP contribution >= 0.6 is 0 Å². The zero-order valence-corrected chi connectivity index (χ0v) is 13.1. The first-order valence-electron chi connectivity index (χ1n) is 7.23. The maximum absolute atomic E-state index is 11.9. The molecule has 1 aromatic rings. The molecular weight excluding hydrogens is 288 g/mol. The van der Waals surface area contributed by atoms with E-state index in [2.05, 4.69) is 5.32 Å². The highest BCUT2D eigenvalue weighted by Gasteiger charge is 2.21. The highest BCUT2D eigenvalue weighted by molar-refractivity contribution is 7.91. The normalized spacial score (nSPS) is 19.9. The minimum atomic E-state index is -2.85. The first-order valence-corrected chi connectivity index (χ1v) is 9.05.